The lowest BCUT2D eigenvalue weighted by atomic mass is 9.87. The number of hydrogen-bond acceptors (Lipinski definition) is 4. The highest BCUT2D eigenvalue weighted by atomic mass is 16.5. The molecular formula is C28H27N3O3. The van der Waals surface area contributed by atoms with Crippen LogP contribution in [0.25, 0.3) is 11.0 Å². The molecule has 1 amide bonds. The molecule has 0 spiro atoms. The molecule has 0 saturated carbocycles. The maximum absolute atomic E-state index is 14.0. The van der Waals surface area contributed by atoms with Gasteiger partial charge in [-0.3, -0.25) is 14.5 Å². The molecular weight excluding hydrogens is 426 g/mol. The van der Waals surface area contributed by atoms with Crippen LogP contribution in [0.2, 0.25) is 0 Å². The van der Waals surface area contributed by atoms with E-state index in [0.717, 1.165) is 27.7 Å². The summed E-state index contributed by atoms with van der Waals surface area (Å²) in [6.45, 7) is 4.40. The Morgan fingerprint density at radius 3 is 2.44 bits per heavy atom. The first-order valence-corrected chi connectivity index (χ1v) is 11.6. The predicted octanol–water partition coefficient (Wildman–Crippen LogP) is 4.70. The van der Waals surface area contributed by atoms with Crippen LogP contribution in [0.3, 0.4) is 0 Å². The number of nitrogens with zero attached hydrogens (tertiary/aromatic N) is 3. The van der Waals surface area contributed by atoms with Gasteiger partial charge in [-0.25, -0.2) is 4.98 Å². The van der Waals surface area contributed by atoms with Gasteiger partial charge in [0.15, 0.2) is 5.92 Å². The molecule has 0 bridgehead atoms. The van der Waals surface area contributed by atoms with E-state index in [-0.39, 0.29) is 12.5 Å². The first-order chi connectivity index (χ1) is 16.6. The number of rotatable bonds is 6. The van der Waals surface area contributed by atoms with E-state index in [4.69, 9.17) is 9.72 Å². The normalized spacial score (nSPS) is 17.6. The molecule has 0 unspecified atom stereocenters. The highest BCUT2D eigenvalue weighted by Crippen LogP contribution is 2.42. The molecule has 6 nitrogen and oxygen atoms in total. The molecule has 3 aromatic carbocycles. The summed E-state index contributed by atoms with van der Waals surface area (Å²) in [5.41, 5.74) is 4.72. The lowest BCUT2D eigenvalue weighted by Gasteiger charge is -2.38. The Kier molecular flexibility index (Phi) is 5.88. The second-order valence-electron chi connectivity index (χ2n) is 8.53. The average molecular weight is 454 g/mol. The fraction of sp³-hybridized carbons (Fsp3) is 0.250. The summed E-state index contributed by atoms with van der Waals surface area (Å²) in [6.07, 6.45) is 0.653. The van der Waals surface area contributed by atoms with Gasteiger partial charge in [0.25, 0.3) is 0 Å². The Balaban J connectivity index is 1.70. The number of hydrogen-bond donors (Lipinski definition) is 0. The Morgan fingerprint density at radius 1 is 0.971 bits per heavy atom. The number of anilines is 1. The minimum Gasteiger partial charge on any atom is -0.465 e. The van der Waals surface area contributed by atoms with Gasteiger partial charge in [0.2, 0.25) is 11.9 Å². The van der Waals surface area contributed by atoms with Gasteiger partial charge in [-0.15, -0.1) is 0 Å². The van der Waals surface area contributed by atoms with Crippen molar-refractivity contribution >= 4 is 28.9 Å². The zero-order valence-electron chi connectivity index (χ0n) is 19.3. The van der Waals surface area contributed by atoms with E-state index < -0.39 is 17.9 Å². The van der Waals surface area contributed by atoms with E-state index in [1.807, 2.05) is 90.4 Å². The monoisotopic (exact) mass is 453 g/mol. The Morgan fingerprint density at radius 2 is 1.68 bits per heavy atom. The van der Waals surface area contributed by atoms with E-state index in [9.17, 15) is 9.59 Å². The fourth-order valence-corrected chi connectivity index (χ4v) is 4.84. The smallest absolute Gasteiger partial charge is 0.321 e. The summed E-state index contributed by atoms with van der Waals surface area (Å²) in [6, 6.07) is 25.2. The number of esters is 1. The van der Waals surface area contributed by atoms with Crippen molar-refractivity contribution in [2.24, 2.45) is 5.92 Å². The van der Waals surface area contributed by atoms with E-state index in [0.29, 0.717) is 18.9 Å². The minimum absolute atomic E-state index is 0.213. The molecule has 1 aliphatic rings. The standard InChI is InChI=1S/C28H27N3O3/c1-3-34-27(33)24-25(21-14-8-7-11-19(21)2)31-23-16-10-9-15-22(23)29-28(31)30(26(24)32)18-17-20-12-5-4-6-13-20/h4-16,24-25H,3,17-18H2,1-2H3/t24-,25-/m0/s1. The van der Waals surface area contributed by atoms with Crippen LogP contribution in [0.4, 0.5) is 5.95 Å². The third-order valence-electron chi connectivity index (χ3n) is 6.46. The molecule has 5 rings (SSSR count). The van der Waals surface area contributed by atoms with Crippen molar-refractivity contribution in [2.45, 2.75) is 26.3 Å². The van der Waals surface area contributed by atoms with Gasteiger partial charge in [0.05, 0.1) is 23.7 Å². The minimum atomic E-state index is -0.998. The molecule has 0 fully saturated rings. The quantitative estimate of drug-likeness (QED) is 0.314. The summed E-state index contributed by atoms with van der Waals surface area (Å²) in [7, 11) is 0. The molecule has 1 aromatic heterocycles. The van der Waals surface area contributed by atoms with Gasteiger partial charge in [-0.1, -0.05) is 66.7 Å². The van der Waals surface area contributed by atoms with Crippen LogP contribution in [0.1, 0.15) is 29.7 Å². The molecule has 172 valence electrons. The summed E-state index contributed by atoms with van der Waals surface area (Å²) >= 11 is 0. The van der Waals surface area contributed by atoms with E-state index in [2.05, 4.69) is 0 Å². The third-order valence-corrected chi connectivity index (χ3v) is 6.46. The van der Waals surface area contributed by atoms with Crippen molar-refractivity contribution in [2.75, 3.05) is 18.1 Å². The van der Waals surface area contributed by atoms with Gasteiger partial charge >= 0.3 is 5.97 Å². The predicted molar refractivity (Wildman–Crippen MR) is 132 cm³/mol. The molecule has 4 aromatic rings. The maximum Gasteiger partial charge on any atom is 0.321 e. The summed E-state index contributed by atoms with van der Waals surface area (Å²) in [5, 5.41) is 0. The molecule has 2 atom stereocenters. The lowest BCUT2D eigenvalue weighted by molar-refractivity contribution is -0.153. The van der Waals surface area contributed by atoms with Crippen molar-refractivity contribution in [1.82, 2.24) is 9.55 Å². The molecule has 1 aliphatic heterocycles. The average Bonchev–Trinajstić information content (AvgIpc) is 3.23. The summed E-state index contributed by atoms with van der Waals surface area (Å²) < 4.78 is 7.49. The largest absolute Gasteiger partial charge is 0.465 e. The zero-order valence-corrected chi connectivity index (χ0v) is 19.3. The van der Waals surface area contributed by atoms with Crippen LogP contribution in [-0.4, -0.2) is 34.6 Å². The van der Waals surface area contributed by atoms with Gasteiger partial charge in [0.1, 0.15) is 0 Å². The third kappa shape index (κ3) is 3.75. The highest BCUT2D eigenvalue weighted by molar-refractivity contribution is 6.08. The van der Waals surface area contributed by atoms with Crippen LogP contribution < -0.4 is 4.90 Å². The van der Waals surface area contributed by atoms with Crippen molar-refractivity contribution in [3.05, 3.63) is 95.6 Å². The fourth-order valence-electron chi connectivity index (χ4n) is 4.84. The Hall–Kier alpha value is -3.93. The molecule has 0 saturated heterocycles. The maximum atomic E-state index is 14.0. The van der Waals surface area contributed by atoms with Crippen molar-refractivity contribution in [1.29, 1.82) is 0 Å². The van der Waals surface area contributed by atoms with Gasteiger partial charge in [-0.05, 0) is 49.1 Å². The van der Waals surface area contributed by atoms with Crippen molar-refractivity contribution in [3.8, 4) is 0 Å². The first-order valence-electron chi connectivity index (χ1n) is 11.6. The second-order valence-corrected chi connectivity index (χ2v) is 8.53. The first kappa shape index (κ1) is 21.9. The van der Waals surface area contributed by atoms with Gasteiger partial charge in [-0.2, -0.15) is 0 Å². The number of para-hydroxylation sites is 2. The topological polar surface area (TPSA) is 64.4 Å². The highest BCUT2D eigenvalue weighted by Gasteiger charge is 2.48. The van der Waals surface area contributed by atoms with E-state index >= 15 is 0 Å². The molecule has 0 N–H and O–H groups in total. The molecule has 6 heteroatoms. The zero-order chi connectivity index (χ0) is 23.7. The SMILES string of the molecule is CCOC(=O)[C@@H]1C(=O)N(CCc2ccccc2)c2nc3ccccc3n2[C@H]1c1ccccc1C. The van der Waals surface area contributed by atoms with Crippen LogP contribution >= 0.6 is 0 Å². The number of aryl methyl sites for hydroxylation is 1. The van der Waals surface area contributed by atoms with Crippen LogP contribution in [0.5, 0.6) is 0 Å². The number of amides is 1. The van der Waals surface area contributed by atoms with Crippen molar-refractivity contribution < 1.29 is 14.3 Å². The second kappa shape index (κ2) is 9.14. The van der Waals surface area contributed by atoms with Crippen LogP contribution in [0.15, 0.2) is 78.9 Å². The molecule has 2 heterocycles. The molecule has 0 aliphatic carbocycles. The number of ether oxygens (including phenoxy) is 1. The van der Waals surface area contributed by atoms with Crippen LogP contribution in [-0.2, 0) is 20.7 Å². The van der Waals surface area contributed by atoms with Crippen LogP contribution in [0, 0.1) is 12.8 Å². The Labute approximate surface area is 198 Å². The van der Waals surface area contributed by atoms with Gasteiger partial charge < -0.3 is 9.30 Å². The number of fused-ring (bicyclic) bond motifs is 3. The summed E-state index contributed by atoms with van der Waals surface area (Å²) in [4.78, 5) is 33.8. The number of carbonyl (C=O) groups excluding carboxylic acids is 2. The van der Waals surface area contributed by atoms with Crippen molar-refractivity contribution in [3.63, 3.8) is 0 Å². The number of benzene rings is 3. The molecule has 34 heavy (non-hydrogen) atoms. The molecule has 0 radical (unpaired) electrons. The number of carbonyl (C=O) groups is 2. The number of imidazole rings is 1. The lowest BCUT2D eigenvalue weighted by Crippen LogP contribution is -2.50. The number of aromatic nitrogens is 2. The van der Waals surface area contributed by atoms with E-state index in [1.54, 1.807) is 11.8 Å². The summed E-state index contributed by atoms with van der Waals surface area (Å²) in [5.74, 6) is -1.21. The Bertz CT molecular complexity index is 1350. The van der Waals surface area contributed by atoms with E-state index in [1.165, 1.54) is 0 Å². The van der Waals surface area contributed by atoms with Gasteiger partial charge in [0, 0.05) is 6.54 Å².